The molecule has 1 aliphatic rings. The van der Waals surface area contributed by atoms with Crippen LogP contribution in [0.15, 0.2) is 29.6 Å². The molecule has 2 heterocycles. The van der Waals surface area contributed by atoms with Gasteiger partial charge >= 0.3 is 5.97 Å². The highest BCUT2D eigenvalue weighted by molar-refractivity contribution is 7.17. The van der Waals surface area contributed by atoms with Crippen molar-refractivity contribution < 1.29 is 19.4 Å². The van der Waals surface area contributed by atoms with E-state index in [1.54, 1.807) is 29.4 Å². The number of benzene rings is 1. The van der Waals surface area contributed by atoms with Gasteiger partial charge in [0.2, 0.25) is 0 Å². The fourth-order valence-corrected chi connectivity index (χ4v) is 3.72. The summed E-state index contributed by atoms with van der Waals surface area (Å²) in [5.74, 6) is -1.02. The number of nitrogens with zero attached hydrogens (tertiary/aromatic N) is 1. The maximum atomic E-state index is 12.7. The first-order valence-electron chi connectivity index (χ1n) is 7.11. The fraction of sp³-hybridized carbons (Fsp3) is 0.375. The number of thiophene rings is 1. The molecule has 1 saturated heterocycles. The topological polar surface area (TPSA) is 66.8 Å². The minimum Gasteiger partial charge on any atom is -0.481 e. The number of methoxy groups -OCH3 is 1. The van der Waals surface area contributed by atoms with Gasteiger partial charge in [-0.2, -0.15) is 0 Å². The lowest BCUT2D eigenvalue weighted by atomic mass is 10.1. The van der Waals surface area contributed by atoms with Gasteiger partial charge in [-0.25, -0.2) is 0 Å². The van der Waals surface area contributed by atoms with Crippen molar-refractivity contribution >= 4 is 33.3 Å². The van der Waals surface area contributed by atoms with Crippen LogP contribution in [0, 0.1) is 0 Å². The number of carbonyl (C=O) groups is 2. The molecule has 5 nitrogen and oxygen atoms in total. The number of hydrogen-bond donors (Lipinski definition) is 1. The number of amides is 1. The summed E-state index contributed by atoms with van der Waals surface area (Å²) in [6.45, 7) is 0.439. The molecular weight excluding hydrogens is 302 g/mol. The van der Waals surface area contributed by atoms with Crippen molar-refractivity contribution in [3.05, 3.63) is 35.2 Å². The maximum Gasteiger partial charge on any atom is 0.305 e. The van der Waals surface area contributed by atoms with E-state index < -0.39 is 5.97 Å². The molecule has 1 fully saturated rings. The number of ether oxygens (including phenoxy) is 1. The minimum atomic E-state index is -0.896. The molecule has 116 valence electrons. The normalized spacial score (nSPS) is 21.4. The predicted octanol–water partition coefficient (Wildman–Crippen LogP) is 2.61. The highest BCUT2D eigenvalue weighted by atomic mass is 32.1. The van der Waals surface area contributed by atoms with E-state index in [-0.39, 0.29) is 24.5 Å². The Morgan fingerprint density at radius 3 is 2.95 bits per heavy atom. The van der Waals surface area contributed by atoms with Crippen LogP contribution in [0.5, 0.6) is 0 Å². The van der Waals surface area contributed by atoms with Gasteiger partial charge in [0.15, 0.2) is 0 Å². The molecule has 0 spiro atoms. The zero-order valence-electron chi connectivity index (χ0n) is 12.2. The standard InChI is InChI=1S/C16H17NO4S/c1-21-13-7-12(8-15(18)19)17(9-13)16(20)11-2-3-14-10(6-11)4-5-22-14/h2-6,12-13H,7-9H2,1H3,(H,18,19). The molecule has 1 aromatic carbocycles. The molecule has 1 aromatic heterocycles. The smallest absolute Gasteiger partial charge is 0.305 e. The van der Waals surface area contributed by atoms with Crippen LogP contribution in [-0.2, 0) is 9.53 Å². The van der Waals surface area contributed by atoms with Crippen molar-refractivity contribution in [1.82, 2.24) is 4.90 Å². The molecular formula is C16H17NO4S. The second-order valence-electron chi connectivity index (χ2n) is 5.48. The molecule has 0 radical (unpaired) electrons. The Balaban J connectivity index is 1.86. The van der Waals surface area contributed by atoms with Gasteiger partial charge in [0.25, 0.3) is 5.91 Å². The van der Waals surface area contributed by atoms with Crippen molar-refractivity contribution in [3.63, 3.8) is 0 Å². The Morgan fingerprint density at radius 1 is 1.41 bits per heavy atom. The van der Waals surface area contributed by atoms with Crippen LogP contribution < -0.4 is 0 Å². The SMILES string of the molecule is COC1CC(CC(=O)O)N(C(=O)c2ccc3sccc3c2)C1. The third-order valence-corrected chi connectivity index (χ3v) is 4.98. The zero-order valence-corrected chi connectivity index (χ0v) is 13.0. The van der Waals surface area contributed by atoms with Crippen molar-refractivity contribution in [2.24, 2.45) is 0 Å². The molecule has 6 heteroatoms. The molecule has 22 heavy (non-hydrogen) atoms. The fourth-order valence-electron chi connectivity index (χ4n) is 2.95. The van der Waals surface area contributed by atoms with Gasteiger partial charge in [0, 0.05) is 30.0 Å². The van der Waals surface area contributed by atoms with E-state index in [0.29, 0.717) is 18.5 Å². The summed E-state index contributed by atoms with van der Waals surface area (Å²) in [5.41, 5.74) is 0.595. The Kier molecular flexibility index (Phi) is 4.13. The number of carboxylic acids is 1. The molecule has 0 aliphatic carbocycles. The van der Waals surface area contributed by atoms with Crippen molar-refractivity contribution in [1.29, 1.82) is 0 Å². The summed E-state index contributed by atoms with van der Waals surface area (Å²) >= 11 is 1.63. The first-order chi connectivity index (χ1) is 10.6. The minimum absolute atomic E-state index is 0.0493. The van der Waals surface area contributed by atoms with E-state index in [9.17, 15) is 9.59 Å². The van der Waals surface area contributed by atoms with Crippen LogP contribution in [0.1, 0.15) is 23.2 Å². The van der Waals surface area contributed by atoms with Gasteiger partial charge in [-0.1, -0.05) is 0 Å². The first kappa shape index (κ1) is 15.0. The van der Waals surface area contributed by atoms with Crippen LogP contribution >= 0.6 is 11.3 Å². The molecule has 0 bridgehead atoms. The molecule has 2 aromatic rings. The molecule has 2 unspecified atom stereocenters. The van der Waals surface area contributed by atoms with Gasteiger partial charge < -0.3 is 14.7 Å². The van der Waals surface area contributed by atoms with Crippen molar-refractivity contribution in [2.45, 2.75) is 25.0 Å². The van der Waals surface area contributed by atoms with Crippen LogP contribution in [0.2, 0.25) is 0 Å². The van der Waals surface area contributed by atoms with Crippen LogP contribution in [0.3, 0.4) is 0 Å². The third kappa shape index (κ3) is 2.84. The van der Waals surface area contributed by atoms with E-state index >= 15 is 0 Å². The van der Waals surface area contributed by atoms with E-state index in [0.717, 1.165) is 10.1 Å². The summed E-state index contributed by atoms with van der Waals surface area (Å²) < 4.78 is 6.45. The number of rotatable bonds is 4. The van der Waals surface area contributed by atoms with E-state index in [1.807, 2.05) is 23.6 Å². The van der Waals surface area contributed by atoms with Crippen molar-refractivity contribution in [2.75, 3.05) is 13.7 Å². The Labute approximate surface area is 132 Å². The zero-order chi connectivity index (χ0) is 15.7. The molecule has 1 N–H and O–H groups in total. The second kappa shape index (κ2) is 6.06. The van der Waals surface area contributed by atoms with Gasteiger partial charge in [-0.05, 0) is 41.5 Å². The highest BCUT2D eigenvalue weighted by Gasteiger charge is 2.36. The van der Waals surface area contributed by atoms with Gasteiger partial charge in [-0.15, -0.1) is 11.3 Å². The highest BCUT2D eigenvalue weighted by Crippen LogP contribution is 2.27. The lowest BCUT2D eigenvalue weighted by molar-refractivity contribution is -0.137. The van der Waals surface area contributed by atoms with Crippen LogP contribution in [-0.4, -0.2) is 47.7 Å². The first-order valence-corrected chi connectivity index (χ1v) is 7.99. The predicted molar refractivity (Wildman–Crippen MR) is 84.3 cm³/mol. The maximum absolute atomic E-state index is 12.7. The number of fused-ring (bicyclic) bond motifs is 1. The summed E-state index contributed by atoms with van der Waals surface area (Å²) in [6.07, 6.45) is 0.416. The van der Waals surface area contributed by atoms with Crippen molar-refractivity contribution in [3.8, 4) is 0 Å². The molecule has 1 aliphatic heterocycles. The summed E-state index contributed by atoms with van der Waals surface area (Å²) in [6, 6.07) is 7.27. The molecule has 0 saturated carbocycles. The Hall–Kier alpha value is -1.92. The molecule has 3 rings (SSSR count). The van der Waals surface area contributed by atoms with Crippen LogP contribution in [0.25, 0.3) is 10.1 Å². The summed E-state index contributed by atoms with van der Waals surface area (Å²) in [4.78, 5) is 25.4. The Bertz CT molecular complexity index is 711. The van der Waals surface area contributed by atoms with E-state index in [4.69, 9.17) is 9.84 Å². The van der Waals surface area contributed by atoms with Gasteiger partial charge in [0.1, 0.15) is 0 Å². The monoisotopic (exact) mass is 319 g/mol. The number of aliphatic carboxylic acids is 1. The average Bonchev–Trinajstić information content (AvgIpc) is 3.11. The van der Waals surface area contributed by atoms with Gasteiger partial charge in [-0.3, -0.25) is 9.59 Å². The van der Waals surface area contributed by atoms with E-state index in [1.165, 1.54) is 0 Å². The molecule has 1 amide bonds. The van der Waals surface area contributed by atoms with E-state index in [2.05, 4.69) is 0 Å². The lowest BCUT2D eigenvalue weighted by Crippen LogP contribution is -2.37. The lowest BCUT2D eigenvalue weighted by Gasteiger charge is -2.23. The summed E-state index contributed by atoms with van der Waals surface area (Å²) in [5, 5.41) is 12.1. The third-order valence-electron chi connectivity index (χ3n) is 4.08. The largest absolute Gasteiger partial charge is 0.481 e. The second-order valence-corrected chi connectivity index (χ2v) is 6.42. The summed E-state index contributed by atoms with van der Waals surface area (Å²) in [7, 11) is 1.59. The van der Waals surface area contributed by atoms with Crippen LogP contribution in [0.4, 0.5) is 0 Å². The number of likely N-dealkylation sites (tertiary alicyclic amines) is 1. The Morgan fingerprint density at radius 2 is 2.23 bits per heavy atom. The average molecular weight is 319 g/mol. The van der Waals surface area contributed by atoms with Gasteiger partial charge in [0.05, 0.1) is 12.5 Å². The quantitative estimate of drug-likeness (QED) is 0.940. The number of hydrogen-bond acceptors (Lipinski definition) is 4. The number of carboxylic acid groups (broad SMARTS) is 1. The molecule has 2 atom stereocenters. The number of carbonyl (C=O) groups excluding carboxylic acids is 1.